The molecule has 2 aromatic carbocycles. The number of anilines is 2. The molecule has 2 rings (SSSR count). The third-order valence-corrected chi connectivity index (χ3v) is 2.98. The second-order valence-electron chi connectivity index (χ2n) is 3.53. The fraction of sp³-hybridized carbons (Fsp3) is 0. The van der Waals surface area contributed by atoms with Crippen LogP contribution >= 0.6 is 15.9 Å². The Morgan fingerprint density at radius 2 is 1.78 bits per heavy atom. The van der Waals surface area contributed by atoms with E-state index in [-0.39, 0.29) is 5.69 Å². The second-order valence-corrected chi connectivity index (χ2v) is 4.38. The summed E-state index contributed by atoms with van der Waals surface area (Å²) in [4.78, 5) is 0. The molecular formula is C13H7BrF2N2. The Hall–Kier alpha value is -1.93. The van der Waals surface area contributed by atoms with Crippen LogP contribution in [0.2, 0.25) is 0 Å². The van der Waals surface area contributed by atoms with Crippen LogP contribution in [0.5, 0.6) is 0 Å². The SMILES string of the molecule is N#Cc1ccc(Nc2c(F)cccc2F)cc1Br. The van der Waals surface area contributed by atoms with Crippen molar-refractivity contribution in [3.63, 3.8) is 0 Å². The molecule has 0 unspecified atom stereocenters. The molecule has 0 aromatic heterocycles. The molecule has 0 saturated heterocycles. The van der Waals surface area contributed by atoms with Gasteiger partial charge in [-0.15, -0.1) is 0 Å². The predicted molar refractivity (Wildman–Crippen MR) is 68.5 cm³/mol. The van der Waals surface area contributed by atoms with E-state index >= 15 is 0 Å². The summed E-state index contributed by atoms with van der Waals surface area (Å²) in [5.41, 5.74) is 0.730. The molecular weight excluding hydrogens is 302 g/mol. The summed E-state index contributed by atoms with van der Waals surface area (Å²) in [7, 11) is 0. The molecule has 0 aliphatic rings. The van der Waals surface area contributed by atoms with Crippen molar-refractivity contribution in [2.75, 3.05) is 5.32 Å². The predicted octanol–water partition coefficient (Wildman–Crippen LogP) is 4.34. The normalized spacial score (nSPS) is 9.89. The molecule has 0 aliphatic heterocycles. The maximum atomic E-state index is 13.4. The van der Waals surface area contributed by atoms with Gasteiger partial charge < -0.3 is 5.32 Å². The van der Waals surface area contributed by atoms with Gasteiger partial charge in [0.05, 0.1) is 5.56 Å². The van der Waals surface area contributed by atoms with Crippen molar-refractivity contribution < 1.29 is 8.78 Å². The highest BCUT2D eigenvalue weighted by Gasteiger charge is 2.09. The van der Waals surface area contributed by atoms with Gasteiger partial charge in [-0.25, -0.2) is 8.78 Å². The van der Waals surface area contributed by atoms with Crippen molar-refractivity contribution in [2.24, 2.45) is 0 Å². The molecule has 2 aromatic rings. The van der Waals surface area contributed by atoms with Crippen molar-refractivity contribution in [3.8, 4) is 6.07 Å². The molecule has 0 atom stereocenters. The summed E-state index contributed by atoms with van der Waals surface area (Å²) >= 11 is 3.21. The molecule has 0 fully saturated rings. The first-order valence-electron chi connectivity index (χ1n) is 5.02. The van der Waals surface area contributed by atoms with Gasteiger partial charge in [-0.05, 0) is 46.3 Å². The van der Waals surface area contributed by atoms with E-state index in [4.69, 9.17) is 5.26 Å². The number of nitrogens with zero attached hydrogens (tertiary/aromatic N) is 1. The average Bonchev–Trinajstić information content (AvgIpc) is 2.34. The van der Waals surface area contributed by atoms with Crippen LogP contribution in [0.1, 0.15) is 5.56 Å². The first kappa shape index (κ1) is 12.5. The Morgan fingerprint density at radius 3 is 2.33 bits per heavy atom. The number of para-hydroxylation sites is 1. The molecule has 0 amide bonds. The summed E-state index contributed by atoms with van der Waals surface area (Å²) in [5.74, 6) is -1.34. The second kappa shape index (κ2) is 5.15. The molecule has 90 valence electrons. The highest BCUT2D eigenvalue weighted by atomic mass is 79.9. The van der Waals surface area contributed by atoms with Gasteiger partial charge in [-0.2, -0.15) is 5.26 Å². The van der Waals surface area contributed by atoms with Crippen LogP contribution in [0.25, 0.3) is 0 Å². The van der Waals surface area contributed by atoms with E-state index in [9.17, 15) is 8.78 Å². The van der Waals surface area contributed by atoms with E-state index < -0.39 is 11.6 Å². The summed E-state index contributed by atoms with van der Waals surface area (Å²) in [6.45, 7) is 0. The third-order valence-electron chi connectivity index (χ3n) is 2.32. The Kier molecular flexibility index (Phi) is 3.58. The van der Waals surface area contributed by atoms with Crippen LogP contribution < -0.4 is 5.32 Å². The fourth-order valence-electron chi connectivity index (χ4n) is 1.45. The zero-order chi connectivity index (χ0) is 13.1. The smallest absolute Gasteiger partial charge is 0.149 e. The largest absolute Gasteiger partial charge is 0.351 e. The summed E-state index contributed by atoms with van der Waals surface area (Å²) in [5, 5.41) is 11.4. The molecule has 0 bridgehead atoms. The lowest BCUT2D eigenvalue weighted by Crippen LogP contribution is -1.97. The number of halogens is 3. The zero-order valence-electron chi connectivity index (χ0n) is 9.05. The third kappa shape index (κ3) is 2.49. The van der Waals surface area contributed by atoms with Crippen LogP contribution in [0.3, 0.4) is 0 Å². The number of nitriles is 1. The molecule has 0 heterocycles. The Balaban J connectivity index is 2.35. The van der Waals surface area contributed by atoms with E-state index in [1.165, 1.54) is 18.2 Å². The summed E-state index contributed by atoms with van der Waals surface area (Å²) < 4.78 is 27.4. The molecule has 0 saturated carbocycles. The molecule has 0 radical (unpaired) electrons. The minimum absolute atomic E-state index is 0.214. The van der Waals surface area contributed by atoms with Gasteiger partial charge in [0.15, 0.2) is 0 Å². The van der Waals surface area contributed by atoms with Crippen molar-refractivity contribution in [3.05, 3.63) is 58.1 Å². The van der Waals surface area contributed by atoms with Crippen LogP contribution in [-0.2, 0) is 0 Å². The van der Waals surface area contributed by atoms with Crippen LogP contribution in [0.15, 0.2) is 40.9 Å². The topological polar surface area (TPSA) is 35.8 Å². The summed E-state index contributed by atoms with van der Waals surface area (Å²) in [6, 6.07) is 10.4. The molecule has 0 aliphatic carbocycles. The van der Waals surface area contributed by atoms with Gasteiger partial charge in [0.2, 0.25) is 0 Å². The Bertz CT molecular complexity index is 615. The number of hydrogen-bond acceptors (Lipinski definition) is 2. The highest BCUT2D eigenvalue weighted by molar-refractivity contribution is 9.10. The van der Waals surface area contributed by atoms with Gasteiger partial charge in [0.1, 0.15) is 23.4 Å². The van der Waals surface area contributed by atoms with E-state index in [0.717, 1.165) is 0 Å². The Labute approximate surface area is 111 Å². The number of nitrogens with one attached hydrogen (secondary N) is 1. The van der Waals surface area contributed by atoms with E-state index in [1.54, 1.807) is 18.2 Å². The molecule has 0 spiro atoms. The molecule has 1 N–H and O–H groups in total. The minimum atomic E-state index is -0.671. The quantitative estimate of drug-likeness (QED) is 0.895. The molecule has 2 nitrogen and oxygen atoms in total. The lowest BCUT2D eigenvalue weighted by molar-refractivity contribution is 0.591. The standard InChI is InChI=1S/C13H7BrF2N2/c14-10-6-9(5-4-8(10)7-17)18-13-11(15)2-1-3-12(13)16/h1-6,18H. The lowest BCUT2D eigenvalue weighted by atomic mass is 10.2. The maximum absolute atomic E-state index is 13.4. The Morgan fingerprint density at radius 1 is 1.11 bits per heavy atom. The van der Waals surface area contributed by atoms with Crippen molar-refractivity contribution in [1.29, 1.82) is 5.26 Å². The van der Waals surface area contributed by atoms with Crippen molar-refractivity contribution in [2.45, 2.75) is 0 Å². The number of rotatable bonds is 2. The van der Waals surface area contributed by atoms with Crippen LogP contribution in [-0.4, -0.2) is 0 Å². The van der Waals surface area contributed by atoms with Crippen LogP contribution in [0, 0.1) is 23.0 Å². The fourth-order valence-corrected chi connectivity index (χ4v) is 1.91. The van der Waals surface area contributed by atoms with Crippen LogP contribution in [0.4, 0.5) is 20.2 Å². The number of hydrogen-bond donors (Lipinski definition) is 1. The first-order chi connectivity index (χ1) is 8.61. The molecule has 18 heavy (non-hydrogen) atoms. The van der Waals surface area contributed by atoms with E-state index in [2.05, 4.69) is 21.2 Å². The monoisotopic (exact) mass is 308 g/mol. The van der Waals surface area contributed by atoms with E-state index in [1.807, 2.05) is 6.07 Å². The number of benzene rings is 2. The highest BCUT2D eigenvalue weighted by Crippen LogP contribution is 2.26. The first-order valence-corrected chi connectivity index (χ1v) is 5.82. The molecule has 5 heteroatoms. The average molecular weight is 309 g/mol. The van der Waals surface area contributed by atoms with Gasteiger partial charge in [-0.1, -0.05) is 6.07 Å². The lowest BCUT2D eigenvalue weighted by Gasteiger charge is -2.09. The van der Waals surface area contributed by atoms with Gasteiger partial charge in [-0.3, -0.25) is 0 Å². The van der Waals surface area contributed by atoms with Gasteiger partial charge in [0, 0.05) is 10.2 Å². The summed E-state index contributed by atoms with van der Waals surface area (Å²) in [6.07, 6.45) is 0. The van der Waals surface area contributed by atoms with Crippen molar-refractivity contribution in [1.82, 2.24) is 0 Å². The van der Waals surface area contributed by atoms with Gasteiger partial charge in [0.25, 0.3) is 0 Å². The van der Waals surface area contributed by atoms with E-state index in [0.29, 0.717) is 15.7 Å². The zero-order valence-corrected chi connectivity index (χ0v) is 10.6. The van der Waals surface area contributed by atoms with Gasteiger partial charge >= 0.3 is 0 Å². The minimum Gasteiger partial charge on any atom is -0.351 e. The maximum Gasteiger partial charge on any atom is 0.149 e. The van der Waals surface area contributed by atoms with Crippen molar-refractivity contribution >= 4 is 27.3 Å².